The molecule has 6 unspecified atom stereocenters. The number of imide groups is 2. The third kappa shape index (κ3) is 4.66. The second-order valence-corrected chi connectivity index (χ2v) is 12.9. The lowest BCUT2D eigenvalue weighted by Gasteiger charge is -2.51. The molecular formula is C32H29Cl2FN2O8. The number of para-hydroxylation sites is 1. The van der Waals surface area contributed by atoms with Crippen LogP contribution in [0.3, 0.4) is 0 Å². The zero-order valence-corrected chi connectivity index (χ0v) is 25.3. The summed E-state index contributed by atoms with van der Waals surface area (Å²) in [6, 6.07) is 11.4. The number of hydrogen-bond donors (Lipinski definition) is 2. The van der Waals surface area contributed by atoms with Crippen molar-refractivity contribution in [2.45, 2.75) is 41.3 Å². The molecule has 10 nitrogen and oxygen atoms in total. The fourth-order valence-electron chi connectivity index (χ4n) is 7.42. The molecule has 2 heterocycles. The van der Waals surface area contributed by atoms with E-state index in [0.717, 1.165) is 21.9 Å². The highest BCUT2D eigenvalue weighted by atomic mass is 35.5. The van der Waals surface area contributed by atoms with Crippen LogP contribution in [-0.2, 0) is 24.0 Å². The fraction of sp³-hybridized carbons (Fsp3) is 0.406. The summed E-state index contributed by atoms with van der Waals surface area (Å²) >= 11 is 14.7. The second kappa shape index (κ2) is 11.5. The van der Waals surface area contributed by atoms with Gasteiger partial charge >= 0.3 is 5.97 Å². The van der Waals surface area contributed by atoms with Crippen molar-refractivity contribution in [3.63, 3.8) is 0 Å². The number of alkyl halides is 2. The van der Waals surface area contributed by atoms with Crippen LogP contribution < -0.4 is 9.64 Å². The first-order valence-corrected chi connectivity index (χ1v) is 15.3. The lowest BCUT2D eigenvalue weighted by atomic mass is 9.56. The Balaban J connectivity index is 1.50. The summed E-state index contributed by atoms with van der Waals surface area (Å²) in [6.45, 7) is -0.448. The molecule has 0 spiro atoms. The van der Waals surface area contributed by atoms with Crippen molar-refractivity contribution in [1.29, 1.82) is 0 Å². The van der Waals surface area contributed by atoms with E-state index in [4.69, 9.17) is 33.0 Å². The molecule has 236 valence electrons. The highest BCUT2D eigenvalue weighted by molar-refractivity contribution is 6.58. The number of nitrogens with zero attached hydrogens (tertiary/aromatic N) is 2. The van der Waals surface area contributed by atoms with Gasteiger partial charge in [-0.1, -0.05) is 29.8 Å². The van der Waals surface area contributed by atoms with Crippen LogP contribution in [0.1, 0.15) is 37.2 Å². The van der Waals surface area contributed by atoms with E-state index in [1.807, 2.05) is 0 Å². The Morgan fingerprint density at radius 2 is 1.71 bits per heavy atom. The number of ether oxygens (including phenoxy) is 1. The number of carboxylic acids is 1. The van der Waals surface area contributed by atoms with Crippen molar-refractivity contribution in [3.8, 4) is 5.75 Å². The van der Waals surface area contributed by atoms with E-state index in [1.165, 1.54) is 12.1 Å². The number of benzene rings is 2. The molecule has 6 rings (SSSR count). The number of aliphatic hydroxyl groups excluding tert-OH is 1. The molecule has 0 bridgehead atoms. The highest BCUT2D eigenvalue weighted by Crippen LogP contribution is 2.66. The number of amides is 4. The number of carbonyl (C=O) groups is 5. The first-order valence-electron chi connectivity index (χ1n) is 14.6. The van der Waals surface area contributed by atoms with Crippen LogP contribution in [0.25, 0.3) is 0 Å². The molecule has 45 heavy (non-hydrogen) atoms. The summed E-state index contributed by atoms with van der Waals surface area (Å²) in [6.07, 6.45) is 1.55. The van der Waals surface area contributed by atoms with Gasteiger partial charge in [0.05, 0.1) is 24.1 Å². The Bertz CT molecular complexity index is 1630. The molecule has 2 aliphatic heterocycles. The Morgan fingerprint density at radius 1 is 1.00 bits per heavy atom. The van der Waals surface area contributed by atoms with Gasteiger partial charge in [-0.15, -0.1) is 23.2 Å². The minimum atomic E-state index is -2.12. The number of carbonyl (C=O) groups excluding carboxylic acids is 4. The quantitative estimate of drug-likeness (QED) is 0.236. The molecule has 6 atom stereocenters. The summed E-state index contributed by atoms with van der Waals surface area (Å²) in [7, 11) is 0. The molecule has 3 fully saturated rings. The maximum atomic E-state index is 14.4. The number of halogens is 3. The minimum Gasteiger partial charge on any atom is -0.491 e. The van der Waals surface area contributed by atoms with Crippen LogP contribution in [0.2, 0.25) is 0 Å². The Labute approximate surface area is 267 Å². The van der Waals surface area contributed by atoms with Crippen molar-refractivity contribution in [1.82, 2.24) is 4.90 Å². The Kier molecular flexibility index (Phi) is 7.99. The Hall–Kier alpha value is -3.80. The molecule has 4 amide bonds. The summed E-state index contributed by atoms with van der Waals surface area (Å²) in [5.74, 6) is -7.51. The zero-order chi connectivity index (χ0) is 32.3. The van der Waals surface area contributed by atoms with Gasteiger partial charge in [0, 0.05) is 24.4 Å². The molecule has 2 aliphatic carbocycles. The van der Waals surface area contributed by atoms with Gasteiger partial charge in [-0.2, -0.15) is 0 Å². The van der Waals surface area contributed by atoms with Crippen molar-refractivity contribution in [2.75, 3.05) is 24.7 Å². The van der Waals surface area contributed by atoms with Crippen LogP contribution in [0.4, 0.5) is 10.1 Å². The molecular weight excluding hydrogens is 630 g/mol. The number of hydrogen-bond acceptors (Lipinski definition) is 7. The predicted molar refractivity (Wildman–Crippen MR) is 159 cm³/mol. The van der Waals surface area contributed by atoms with E-state index >= 15 is 0 Å². The molecule has 1 saturated carbocycles. The molecule has 0 radical (unpaired) electrons. The highest BCUT2D eigenvalue weighted by Gasteiger charge is 2.76. The van der Waals surface area contributed by atoms with Gasteiger partial charge in [0.1, 0.15) is 18.2 Å². The largest absolute Gasteiger partial charge is 0.491 e. The average Bonchev–Trinajstić information content (AvgIpc) is 3.34. The normalized spacial score (nSPS) is 30.6. The molecule has 2 saturated heterocycles. The maximum absolute atomic E-state index is 14.4. The number of likely N-dealkylation sites (tertiary alicyclic amines) is 1. The number of aliphatic carboxylic acids is 1. The third-order valence-corrected chi connectivity index (χ3v) is 10.8. The van der Waals surface area contributed by atoms with Crippen LogP contribution >= 0.6 is 23.2 Å². The topological polar surface area (TPSA) is 142 Å². The summed E-state index contributed by atoms with van der Waals surface area (Å²) < 4.78 is 19.6. The SMILES string of the molecule is O=C(O)CCCN1C(=O)C2CC=C3C(CC4(Cl)C(=O)N(c5ccc(F)cc5)C(=O)C4(Cl)C3c3ccccc3OCCO)C2C1=O. The lowest BCUT2D eigenvalue weighted by Crippen LogP contribution is -2.60. The smallest absolute Gasteiger partial charge is 0.303 e. The van der Waals surface area contributed by atoms with Crippen LogP contribution in [0.15, 0.2) is 60.2 Å². The number of carboxylic acid groups (broad SMARTS) is 1. The minimum absolute atomic E-state index is 0.0657. The van der Waals surface area contributed by atoms with Crippen molar-refractivity contribution in [2.24, 2.45) is 17.8 Å². The zero-order valence-electron chi connectivity index (χ0n) is 23.8. The van der Waals surface area contributed by atoms with Gasteiger partial charge in [-0.05, 0) is 55.5 Å². The van der Waals surface area contributed by atoms with Crippen LogP contribution in [0.5, 0.6) is 5.75 Å². The van der Waals surface area contributed by atoms with Crippen molar-refractivity contribution < 1.29 is 43.3 Å². The molecule has 2 aromatic rings. The first kappa shape index (κ1) is 31.2. The van der Waals surface area contributed by atoms with E-state index in [2.05, 4.69) is 0 Å². The fourth-order valence-corrected chi connectivity index (χ4v) is 8.35. The van der Waals surface area contributed by atoms with E-state index < -0.39 is 68.8 Å². The standard InChI is InChI=1S/C32H29Cl2FN2O8/c33-31-16-22-19(11-12-21-25(22)28(42)36(27(21)41)13-3-6-24(39)40)26(20-4-1-2-5-23(20)45-15-14-38)32(31,34)30(44)37(29(31)43)18-9-7-17(35)8-10-18/h1-2,4-5,7-11,21-22,25-26,38H,3,6,12-16H2,(H,39,40). The van der Waals surface area contributed by atoms with Gasteiger partial charge in [-0.25, -0.2) is 9.29 Å². The number of aliphatic hydroxyl groups is 1. The summed E-state index contributed by atoms with van der Waals surface area (Å²) in [4.78, 5) is 64.8. The second-order valence-electron chi connectivity index (χ2n) is 11.7. The van der Waals surface area contributed by atoms with Gasteiger partial charge in [0.25, 0.3) is 11.8 Å². The van der Waals surface area contributed by atoms with Crippen LogP contribution in [-0.4, -0.2) is 74.2 Å². The molecule has 13 heteroatoms. The number of fused-ring (bicyclic) bond motifs is 4. The monoisotopic (exact) mass is 658 g/mol. The summed E-state index contributed by atoms with van der Waals surface area (Å²) in [5, 5.41) is 18.5. The predicted octanol–water partition coefficient (Wildman–Crippen LogP) is 3.63. The van der Waals surface area contributed by atoms with Crippen molar-refractivity contribution in [3.05, 3.63) is 71.6 Å². The third-order valence-electron chi connectivity index (χ3n) is 9.34. The van der Waals surface area contributed by atoms with E-state index in [-0.39, 0.29) is 56.9 Å². The lowest BCUT2D eigenvalue weighted by molar-refractivity contribution is -0.142. The van der Waals surface area contributed by atoms with E-state index in [0.29, 0.717) is 11.1 Å². The van der Waals surface area contributed by atoms with Crippen LogP contribution in [0, 0.1) is 23.6 Å². The van der Waals surface area contributed by atoms with Crippen molar-refractivity contribution >= 4 is 58.5 Å². The number of allylic oxidation sites excluding steroid dienone is 2. The molecule has 2 aromatic carbocycles. The average molecular weight is 659 g/mol. The van der Waals surface area contributed by atoms with E-state index in [1.54, 1.807) is 30.3 Å². The first-order chi connectivity index (χ1) is 21.5. The van der Waals surface area contributed by atoms with Gasteiger partial charge < -0.3 is 14.9 Å². The van der Waals surface area contributed by atoms with Gasteiger partial charge in [0.2, 0.25) is 11.8 Å². The molecule has 2 N–H and O–H groups in total. The Morgan fingerprint density at radius 3 is 2.40 bits per heavy atom. The molecule has 0 aromatic heterocycles. The maximum Gasteiger partial charge on any atom is 0.303 e. The van der Waals surface area contributed by atoms with Gasteiger partial charge in [-0.3, -0.25) is 28.9 Å². The number of anilines is 1. The molecule has 4 aliphatic rings. The van der Waals surface area contributed by atoms with Gasteiger partial charge in [0.15, 0.2) is 9.75 Å². The summed E-state index contributed by atoms with van der Waals surface area (Å²) in [5.41, 5.74) is 1.02. The number of rotatable bonds is 9. The van der Waals surface area contributed by atoms with E-state index in [9.17, 15) is 33.5 Å².